The van der Waals surface area contributed by atoms with E-state index in [1.807, 2.05) is 17.9 Å². The van der Waals surface area contributed by atoms with Gasteiger partial charge in [-0.25, -0.2) is 9.97 Å². The van der Waals surface area contributed by atoms with Gasteiger partial charge in [0, 0.05) is 44.8 Å². The molecule has 138 valence electrons. The van der Waals surface area contributed by atoms with E-state index < -0.39 is 0 Å². The van der Waals surface area contributed by atoms with Crippen molar-refractivity contribution in [2.75, 3.05) is 26.3 Å². The van der Waals surface area contributed by atoms with E-state index in [0.717, 1.165) is 18.5 Å². The summed E-state index contributed by atoms with van der Waals surface area (Å²) in [6.07, 6.45) is 5.10. The molecule has 2 atom stereocenters. The molecule has 0 saturated carbocycles. The van der Waals surface area contributed by atoms with Gasteiger partial charge < -0.3 is 14.4 Å². The molecule has 2 saturated heterocycles. The maximum absolute atomic E-state index is 12.9. The number of carbonyl (C=O) groups is 1. The molecule has 0 bridgehead atoms. The monoisotopic (exact) mass is 357 g/mol. The Labute approximate surface area is 152 Å². The van der Waals surface area contributed by atoms with Crippen LogP contribution in [-0.2, 0) is 11.8 Å². The summed E-state index contributed by atoms with van der Waals surface area (Å²) in [5, 5.41) is 4.10. The highest BCUT2D eigenvalue weighted by molar-refractivity contribution is 5.92. The predicted molar refractivity (Wildman–Crippen MR) is 92.8 cm³/mol. The fourth-order valence-corrected chi connectivity index (χ4v) is 3.88. The van der Waals surface area contributed by atoms with Crippen LogP contribution in [0.4, 0.5) is 0 Å². The summed E-state index contributed by atoms with van der Waals surface area (Å²) in [7, 11) is 1.78. The van der Waals surface area contributed by atoms with Crippen molar-refractivity contribution in [3.63, 3.8) is 0 Å². The van der Waals surface area contributed by atoms with Crippen molar-refractivity contribution >= 4 is 5.91 Å². The smallest absolute Gasteiger partial charge is 0.316 e. The summed E-state index contributed by atoms with van der Waals surface area (Å²) in [6, 6.07) is 3.96. The number of hydrogen-bond donors (Lipinski definition) is 0. The number of hydrogen-bond acceptors (Lipinski definition) is 6. The van der Waals surface area contributed by atoms with Gasteiger partial charge in [0.05, 0.1) is 11.5 Å². The van der Waals surface area contributed by atoms with E-state index in [4.69, 9.17) is 9.47 Å². The van der Waals surface area contributed by atoms with Gasteiger partial charge in [0.2, 0.25) is 0 Å². The zero-order chi connectivity index (χ0) is 18.1. The molecule has 8 nitrogen and oxygen atoms in total. The van der Waals surface area contributed by atoms with Gasteiger partial charge in [-0.3, -0.25) is 9.48 Å². The van der Waals surface area contributed by atoms with E-state index in [-0.39, 0.29) is 17.4 Å². The number of amides is 1. The zero-order valence-corrected chi connectivity index (χ0v) is 15.1. The third-order valence-electron chi connectivity index (χ3n) is 5.36. The van der Waals surface area contributed by atoms with Crippen LogP contribution < -0.4 is 4.74 Å². The van der Waals surface area contributed by atoms with Crippen molar-refractivity contribution in [3.05, 3.63) is 35.9 Å². The molecule has 4 heterocycles. The number of likely N-dealkylation sites (tertiary alicyclic amines) is 1. The molecule has 2 aromatic heterocycles. The summed E-state index contributed by atoms with van der Waals surface area (Å²) < 4.78 is 13.5. The Hall–Kier alpha value is -2.48. The van der Waals surface area contributed by atoms with E-state index in [1.165, 1.54) is 0 Å². The molecule has 0 N–H and O–H groups in total. The lowest BCUT2D eigenvalue weighted by molar-refractivity contribution is -0.0341. The fraction of sp³-hybridized carbons (Fsp3) is 0.556. The first-order chi connectivity index (χ1) is 12.6. The maximum atomic E-state index is 12.9. The second-order valence-corrected chi connectivity index (χ2v) is 7.10. The van der Waals surface area contributed by atoms with Crippen molar-refractivity contribution in [2.24, 2.45) is 12.5 Å². The quantitative estimate of drug-likeness (QED) is 0.818. The van der Waals surface area contributed by atoms with E-state index in [2.05, 4.69) is 15.1 Å². The SMILES string of the molecule is Cc1ccnc(OC[C@]23CCO[C@H]2CCN(C(=O)c2ccnn2C)C3)n1. The molecule has 0 aliphatic carbocycles. The molecule has 0 unspecified atom stereocenters. The highest BCUT2D eigenvalue weighted by Gasteiger charge is 2.50. The van der Waals surface area contributed by atoms with E-state index >= 15 is 0 Å². The Morgan fingerprint density at radius 2 is 2.31 bits per heavy atom. The van der Waals surface area contributed by atoms with Crippen LogP contribution in [-0.4, -0.2) is 63.0 Å². The van der Waals surface area contributed by atoms with Crippen molar-refractivity contribution in [2.45, 2.75) is 25.9 Å². The molecule has 4 rings (SSSR count). The number of aryl methyl sites for hydroxylation is 2. The van der Waals surface area contributed by atoms with Crippen molar-refractivity contribution in [1.29, 1.82) is 0 Å². The average molecular weight is 357 g/mol. The number of carbonyl (C=O) groups excluding carboxylic acids is 1. The van der Waals surface area contributed by atoms with Crippen LogP contribution in [0, 0.1) is 12.3 Å². The Balaban J connectivity index is 1.51. The summed E-state index contributed by atoms with van der Waals surface area (Å²) in [5.74, 6) is 0.00142. The topological polar surface area (TPSA) is 82.4 Å². The molecule has 2 aromatic rings. The summed E-state index contributed by atoms with van der Waals surface area (Å²) in [6.45, 7) is 4.32. The van der Waals surface area contributed by atoms with Crippen LogP contribution in [0.3, 0.4) is 0 Å². The standard InChI is InChI=1S/C18H23N5O3/c1-13-3-7-19-17(21-13)26-12-18-6-10-25-15(18)5-9-23(11-18)16(24)14-4-8-20-22(14)2/h3-4,7-8,15H,5-6,9-12H2,1-2H3/t15-,18+/m0/s1. The molecular weight excluding hydrogens is 334 g/mol. The molecule has 8 heteroatoms. The Bertz CT molecular complexity index is 808. The minimum Gasteiger partial charge on any atom is -0.463 e. The second kappa shape index (κ2) is 6.68. The molecule has 1 amide bonds. The van der Waals surface area contributed by atoms with Crippen LogP contribution in [0.5, 0.6) is 6.01 Å². The highest BCUT2D eigenvalue weighted by atomic mass is 16.5. The number of aromatic nitrogens is 4. The van der Waals surface area contributed by atoms with Gasteiger partial charge in [0.1, 0.15) is 12.3 Å². The van der Waals surface area contributed by atoms with Gasteiger partial charge in [-0.1, -0.05) is 0 Å². The number of ether oxygens (including phenoxy) is 2. The lowest BCUT2D eigenvalue weighted by Crippen LogP contribution is -2.54. The van der Waals surface area contributed by atoms with E-state index in [0.29, 0.717) is 38.0 Å². The first kappa shape index (κ1) is 17.0. The van der Waals surface area contributed by atoms with Crippen molar-refractivity contribution in [1.82, 2.24) is 24.6 Å². The fourth-order valence-electron chi connectivity index (χ4n) is 3.88. The van der Waals surface area contributed by atoms with Crippen molar-refractivity contribution in [3.8, 4) is 6.01 Å². The number of piperidine rings is 1. The summed E-state index contributed by atoms with van der Waals surface area (Å²) in [4.78, 5) is 23.3. The molecule has 0 aromatic carbocycles. The van der Waals surface area contributed by atoms with Gasteiger partial charge >= 0.3 is 6.01 Å². The van der Waals surface area contributed by atoms with Gasteiger partial charge in [0.25, 0.3) is 5.91 Å². The molecule has 2 aliphatic heterocycles. The van der Waals surface area contributed by atoms with Crippen LogP contribution >= 0.6 is 0 Å². The molecule has 0 spiro atoms. The molecular formula is C18H23N5O3. The Kier molecular flexibility index (Phi) is 4.36. The molecule has 2 fully saturated rings. The van der Waals surface area contributed by atoms with Crippen LogP contribution in [0.25, 0.3) is 0 Å². The number of fused-ring (bicyclic) bond motifs is 1. The first-order valence-corrected chi connectivity index (χ1v) is 8.89. The third-order valence-corrected chi connectivity index (χ3v) is 5.36. The maximum Gasteiger partial charge on any atom is 0.316 e. The highest BCUT2D eigenvalue weighted by Crippen LogP contribution is 2.41. The lowest BCUT2D eigenvalue weighted by atomic mass is 9.77. The van der Waals surface area contributed by atoms with Gasteiger partial charge in [-0.05, 0) is 31.9 Å². The van der Waals surface area contributed by atoms with Crippen molar-refractivity contribution < 1.29 is 14.3 Å². The minimum absolute atomic E-state index is 0.00142. The van der Waals surface area contributed by atoms with Crippen LogP contribution in [0.2, 0.25) is 0 Å². The normalized spacial score (nSPS) is 25.2. The van der Waals surface area contributed by atoms with Crippen LogP contribution in [0.15, 0.2) is 24.5 Å². The molecule has 2 aliphatic rings. The van der Waals surface area contributed by atoms with Crippen LogP contribution in [0.1, 0.15) is 29.0 Å². The third kappa shape index (κ3) is 3.05. The summed E-state index contributed by atoms with van der Waals surface area (Å²) in [5.41, 5.74) is 1.24. The van der Waals surface area contributed by atoms with E-state index in [1.54, 1.807) is 30.2 Å². The Morgan fingerprint density at radius 1 is 1.42 bits per heavy atom. The van der Waals surface area contributed by atoms with Gasteiger partial charge in [-0.15, -0.1) is 0 Å². The second-order valence-electron chi connectivity index (χ2n) is 7.10. The zero-order valence-electron chi connectivity index (χ0n) is 15.1. The minimum atomic E-state index is -0.223. The van der Waals surface area contributed by atoms with Gasteiger partial charge in [-0.2, -0.15) is 5.10 Å². The number of nitrogens with zero attached hydrogens (tertiary/aromatic N) is 5. The molecule has 26 heavy (non-hydrogen) atoms. The first-order valence-electron chi connectivity index (χ1n) is 8.89. The summed E-state index contributed by atoms with van der Waals surface area (Å²) >= 11 is 0. The van der Waals surface area contributed by atoms with Gasteiger partial charge in [0.15, 0.2) is 0 Å². The Morgan fingerprint density at radius 3 is 3.08 bits per heavy atom. The van der Waals surface area contributed by atoms with E-state index in [9.17, 15) is 4.79 Å². The lowest BCUT2D eigenvalue weighted by Gasteiger charge is -2.43. The molecule has 0 radical (unpaired) electrons. The number of rotatable bonds is 4. The largest absolute Gasteiger partial charge is 0.463 e. The predicted octanol–water partition coefficient (Wildman–Crippen LogP) is 1.22. The average Bonchev–Trinajstić information content (AvgIpc) is 3.25.